The fourth-order valence-electron chi connectivity index (χ4n) is 2.66. The third kappa shape index (κ3) is 2.73. The second-order valence-corrected chi connectivity index (χ2v) is 4.89. The molecule has 0 aliphatic carbocycles. The van der Waals surface area contributed by atoms with Crippen LogP contribution in [0, 0.1) is 6.92 Å². The summed E-state index contributed by atoms with van der Waals surface area (Å²) in [6.45, 7) is 6.00. The van der Waals surface area contributed by atoms with Gasteiger partial charge < -0.3 is 14.7 Å². The van der Waals surface area contributed by atoms with Crippen molar-refractivity contribution in [3.05, 3.63) is 11.3 Å². The molecule has 1 aromatic heterocycles. The van der Waals surface area contributed by atoms with Gasteiger partial charge in [0.1, 0.15) is 11.4 Å². The molecule has 1 aliphatic heterocycles. The number of nitrogens with zero attached hydrogens (tertiary/aromatic N) is 3. The zero-order valence-corrected chi connectivity index (χ0v) is 11.7. The Bertz CT molecular complexity index is 464. The van der Waals surface area contributed by atoms with Gasteiger partial charge in [0.15, 0.2) is 0 Å². The van der Waals surface area contributed by atoms with E-state index in [-0.39, 0.29) is 6.10 Å². The van der Waals surface area contributed by atoms with E-state index < -0.39 is 5.97 Å². The Hall–Kier alpha value is -1.56. The van der Waals surface area contributed by atoms with Crippen LogP contribution in [0.5, 0.6) is 0 Å². The van der Waals surface area contributed by atoms with Gasteiger partial charge in [0.2, 0.25) is 0 Å². The molecular weight excluding hydrogens is 246 g/mol. The Labute approximate surface area is 113 Å². The summed E-state index contributed by atoms with van der Waals surface area (Å²) in [4.78, 5) is 13.4. The van der Waals surface area contributed by atoms with E-state index >= 15 is 0 Å². The molecule has 1 N–H and O–H groups in total. The summed E-state index contributed by atoms with van der Waals surface area (Å²) in [5.41, 5.74) is 0.845. The average Bonchev–Trinajstić information content (AvgIpc) is 2.93. The molecule has 0 bridgehead atoms. The first-order valence-corrected chi connectivity index (χ1v) is 6.68. The Morgan fingerprint density at radius 3 is 2.89 bits per heavy atom. The fraction of sp³-hybridized carbons (Fsp3) is 0.692. The molecule has 0 amide bonds. The number of anilines is 1. The van der Waals surface area contributed by atoms with Crippen LogP contribution in [0.4, 0.5) is 5.82 Å². The fourth-order valence-corrected chi connectivity index (χ4v) is 2.66. The van der Waals surface area contributed by atoms with Gasteiger partial charge in [0.05, 0.1) is 11.8 Å². The lowest BCUT2D eigenvalue weighted by atomic mass is 10.2. The summed E-state index contributed by atoms with van der Waals surface area (Å²) in [6.07, 6.45) is 2.31. The molecular formula is C13H21N3O3. The molecule has 2 heterocycles. The number of carboxylic acids is 1. The molecule has 1 aliphatic rings. The molecule has 1 saturated heterocycles. The standard InChI is InChI=1S/C13H21N3O3/c1-4-16(8-10-6-5-7-19-10)12-11(13(17)18)9(2)14-15(12)3/h10H,4-8H2,1-3H3,(H,17,18). The van der Waals surface area contributed by atoms with Crippen LogP contribution in [0.2, 0.25) is 0 Å². The van der Waals surface area contributed by atoms with Gasteiger partial charge in [-0.25, -0.2) is 4.79 Å². The number of hydrogen-bond acceptors (Lipinski definition) is 4. The molecule has 6 nitrogen and oxygen atoms in total. The summed E-state index contributed by atoms with van der Waals surface area (Å²) >= 11 is 0. The Kier molecular flexibility index (Phi) is 4.09. The van der Waals surface area contributed by atoms with Crippen molar-refractivity contribution >= 4 is 11.8 Å². The molecule has 1 unspecified atom stereocenters. The lowest BCUT2D eigenvalue weighted by Gasteiger charge is -2.26. The average molecular weight is 267 g/mol. The van der Waals surface area contributed by atoms with E-state index in [1.54, 1.807) is 18.7 Å². The number of aromatic carboxylic acids is 1. The highest BCUT2D eigenvalue weighted by atomic mass is 16.5. The van der Waals surface area contributed by atoms with E-state index in [0.29, 0.717) is 17.1 Å². The van der Waals surface area contributed by atoms with E-state index in [0.717, 1.165) is 32.5 Å². The van der Waals surface area contributed by atoms with Crippen LogP contribution in [-0.4, -0.2) is 46.7 Å². The molecule has 19 heavy (non-hydrogen) atoms. The number of carboxylic acid groups (broad SMARTS) is 1. The van der Waals surface area contributed by atoms with Gasteiger partial charge in [-0.2, -0.15) is 5.10 Å². The zero-order chi connectivity index (χ0) is 14.0. The summed E-state index contributed by atoms with van der Waals surface area (Å²) < 4.78 is 7.29. The highest BCUT2D eigenvalue weighted by molar-refractivity contribution is 5.94. The van der Waals surface area contributed by atoms with Crippen LogP contribution >= 0.6 is 0 Å². The molecule has 0 saturated carbocycles. The number of likely N-dealkylation sites (N-methyl/N-ethyl adjacent to an activating group) is 1. The second kappa shape index (κ2) is 5.61. The normalized spacial score (nSPS) is 18.8. The smallest absolute Gasteiger partial charge is 0.341 e. The molecule has 0 radical (unpaired) electrons. The van der Waals surface area contributed by atoms with Gasteiger partial charge in [-0.15, -0.1) is 0 Å². The van der Waals surface area contributed by atoms with Crippen LogP contribution in [0.25, 0.3) is 0 Å². The third-order valence-electron chi connectivity index (χ3n) is 3.54. The number of aromatic nitrogens is 2. The molecule has 6 heteroatoms. The minimum absolute atomic E-state index is 0.191. The first kappa shape index (κ1) is 13.9. The Morgan fingerprint density at radius 2 is 2.37 bits per heavy atom. The van der Waals surface area contributed by atoms with Crippen molar-refractivity contribution in [1.29, 1.82) is 0 Å². The van der Waals surface area contributed by atoms with E-state index in [2.05, 4.69) is 5.10 Å². The van der Waals surface area contributed by atoms with Crippen LogP contribution in [-0.2, 0) is 11.8 Å². The minimum atomic E-state index is -0.925. The van der Waals surface area contributed by atoms with Gasteiger partial charge in [0, 0.05) is 26.7 Å². The molecule has 2 rings (SSSR count). The summed E-state index contributed by atoms with van der Waals surface area (Å²) in [5.74, 6) is -0.255. The van der Waals surface area contributed by atoms with Crippen molar-refractivity contribution in [2.45, 2.75) is 32.8 Å². The number of aryl methyl sites for hydroxylation is 2. The van der Waals surface area contributed by atoms with Crippen molar-refractivity contribution < 1.29 is 14.6 Å². The number of hydrogen-bond donors (Lipinski definition) is 1. The summed E-state index contributed by atoms with van der Waals surface area (Å²) in [5, 5.41) is 13.6. The van der Waals surface area contributed by atoms with Crippen molar-refractivity contribution in [3.8, 4) is 0 Å². The molecule has 1 atom stereocenters. The van der Waals surface area contributed by atoms with Gasteiger partial charge in [-0.05, 0) is 26.7 Å². The Balaban J connectivity index is 2.28. The SMILES string of the molecule is CCN(CC1CCCO1)c1c(C(=O)O)c(C)nn1C. The first-order valence-electron chi connectivity index (χ1n) is 6.68. The number of carbonyl (C=O) groups is 1. The maximum atomic E-state index is 11.4. The molecule has 0 aromatic carbocycles. The predicted molar refractivity (Wildman–Crippen MR) is 71.8 cm³/mol. The maximum absolute atomic E-state index is 11.4. The van der Waals surface area contributed by atoms with Gasteiger partial charge >= 0.3 is 5.97 Å². The van der Waals surface area contributed by atoms with Crippen LogP contribution in [0.3, 0.4) is 0 Å². The lowest BCUT2D eigenvalue weighted by Crippen LogP contribution is -2.34. The summed E-state index contributed by atoms with van der Waals surface area (Å²) in [7, 11) is 1.78. The monoisotopic (exact) mass is 267 g/mol. The minimum Gasteiger partial charge on any atom is -0.477 e. The number of ether oxygens (including phenoxy) is 1. The van der Waals surface area contributed by atoms with Crippen molar-refractivity contribution in [2.24, 2.45) is 7.05 Å². The topological polar surface area (TPSA) is 67.6 Å². The second-order valence-electron chi connectivity index (χ2n) is 4.89. The van der Waals surface area contributed by atoms with Crippen molar-refractivity contribution in [2.75, 3.05) is 24.6 Å². The lowest BCUT2D eigenvalue weighted by molar-refractivity contribution is 0.0696. The van der Waals surface area contributed by atoms with E-state index in [1.165, 1.54) is 0 Å². The summed E-state index contributed by atoms with van der Waals surface area (Å²) in [6, 6.07) is 0. The Morgan fingerprint density at radius 1 is 1.63 bits per heavy atom. The molecule has 0 spiro atoms. The quantitative estimate of drug-likeness (QED) is 0.874. The molecule has 106 valence electrons. The van der Waals surface area contributed by atoms with Crippen LogP contribution < -0.4 is 4.90 Å². The zero-order valence-electron chi connectivity index (χ0n) is 11.7. The van der Waals surface area contributed by atoms with Crippen LogP contribution in [0.1, 0.15) is 35.8 Å². The van der Waals surface area contributed by atoms with Gasteiger partial charge in [0.25, 0.3) is 0 Å². The van der Waals surface area contributed by atoms with Crippen molar-refractivity contribution in [3.63, 3.8) is 0 Å². The highest BCUT2D eigenvalue weighted by Gasteiger charge is 2.26. The van der Waals surface area contributed by atoms with E-state index in [4.69, 9.17) is 4.74 Å². The first-order chi connectivity index (χ1) is 9.04. The molecule has 1 aromatic rings. The van der Waals surface area contributed by atoms with Gasteiger partial charge in [-0.1, -0.05) is 0 Å². The maximum Gasteiger partial charge on any atom is 0.341 e. The third-order valence-corrected chi connectivity index (χ3v) is 3.54. The predicted octanol–water partition coefficient (Wildman–Crippen LogP) is 1.43. The largest absolute Gasteiger partial charge is 0.477 e. The molecule has 1 fully saturated rings. The van der Waals surface area contributed by atoms with Crippen molar-refractivity contribution in [1.82, 2.24) is 9.78 Å². The van der Waals surface area contributed by atoms with E-state index in [1.807, 2.05) is 11.8 Å². The number of rotatable bonds is 5. The van der Waals surface area contributed by atoms with Gasteiger partial charge in [-0.3, -0.25) is 4.68 Å². The van der Waals surface area contributed by atoms with E-state index in [9.17, 15) is 9.90 Å². The van der Waals surface area contributed by atoms with Crippen LogP contribution in [0.15, 0.2) is 0 Å². The highest BCUT2D eigenvalue weighted by Crippen LogP contribution is 2.25.